The van der Waals surface area contributed by atoms with E-state index in [0.29, 0.717) is 6.61 Å². The zero-order valence-electron chi connectivity index (χ0n) is 12.4. The van der Waals surface area contributed by atoms with Crippen LogP contribution in [-0.2, 0) is 12.1 Å². The molecular weight excluding hydrogens is 260 g/mol. The molecule has 2 aromatic carbocycles. The van der Waals surface area contributed by atoms with Gasteiger partial charge in [0.15, 0.2) is 0 Å². The molecule has 0 unspecified atom stereocenters. The van der Waals surface area contributed by atoms with Crippen LogP contribution in [0.1, 0.15) is 25.0 Å². The number of rotatable bonds is 4. The normalized spacial score (nSPS) is 11.8. The molecule has 0 fully saturated rings. The van der Waals surface area contributed by atoms with E-state index in [1.165, 1.54) is 0 Å². The maximum absolute atomic E-state index is 6.22. The first-order valence-electron chi connectivity index (χ1n) is 7.11. The smallest absolute Gasteiger partial charge is 0.120 e. The molecule has 1 aromatic heterocycles. The van der Waals surface area contributed by atoms with Crippen LogP contribution < -0.4 is 10.5 Å². The van der Waals surface area contributed by atoms with Crippen molar-refractivity contribution in [2.75, 3.05) is 0 Å². The summed E-state index contributed by atoms with van der Waals surface area (Å²) in [7, 11) is 0. The van der Waals surface area contributed by atoms with Crippen LogP contribution in [0.15, 0.2) is 54.7 Å². The van der Waals surface area contributed by atoms with Crippen LogP contribution in [0.5, 0.6) is 5.75 Å². The highest BCUT2D eigenvalue weighted by molar-refractivity contribution is 5.85. The van der Waals surface area contributed by atoms with Crippen molar-refractivity contribution in [2.45, 2.75) is 26.0 Å². The summed E-state index contributed by atoms with van der Waals surface area (Å²) in [5.74, 6) is 0.858. The molecule has 1 heterocycles. The zero-order valence-corrected chi connectivity index (χ0v) is 12.4. The number of fused-ring (bicyclic) bond motifs is 1. The van der Waals surface area contributed by atoms with Gasteiger partial charge in [-0.1, -0.05) is 30.3 Å². The Bertz CT molecular complexity index is 739. The van der Waals surface area contributed by atoms with E-state index in [1.54, 1.807) is 0 Å². The van der Waals surface area contributed by atoms with Gasteiger partial charge in [-0.2, -0.15) is 0 Å². The highest BCUT2D eigenvalue weighted by atomic mass is 16.5. The topological polar surface area (TPSA) is 51.0 Å². The molecule has 3 rings (SSSR count). The van der Waals surface area contributed by atoms with Crippen molar-refractivity contribution in [1.29, 1.82) is 0 Å². The molecule has 0 saturated carbocycles. The van der Waals surface area contributed by atoms with E-state index < -0.39 is 0 Å². The van der Waals surface area contributed by atoms with E-state index in [-0.39, 0.29) is 5.54 Å². The first-order valence-corrected chi connectivity index (χ1v) is 7.11. The summed E-state index contributed by atoms with van der Waals surface area (Å²) in [6, 6.07) is 16.2. The van der Waals surface area contributed by atoms with Crippen molar-refractivity contribution in [2.24, 2.45) is 5.73 Å². The predicted octanol–water partition coefficient (Wildman–Crippen LogP) is 3.94. The second-order valence-corrected chi connectivity index (χ2v) is 5.91. The lowest BCUT2D eigenvalue weighted by Gasteiger charge is -2.17. The predicted molar refractivity (Wildman–Crippen MR) is 86.3 cm³/mol. The average Bonchev–Trinajstić information content (AvgIpc) is 2.89. The Morgan fingerprint density at radius 1 is 1.10 bits per heavy atom. The van der Waals surface area contributed by atoms with Gasteiger partial charge in [-0.3, -0.25) is 0 Å². The molecule has 108 valence electrons. The van der Waals surface area contributed by atoms with Crippen LogP contribution in [0.4, 0.5) is 0 Å². The molecule has 0 atom stereocenters. The minimum atomic E-state index is -0.379. The van der Waals surface area contributed by atoms with Crippen LogP contribution in [0.3, 0.4) is 0 Å². The van der Waals surface area contributed by atoms with Gasteiger partial charge in [-0.05, 0) is 43.2 Å². The summed E-state index contributed by atoms with van der Waals surface area (Å²) in [5, 5.41) is 1.12. The fraction of sp³-hybridized carbons (Fsp3) is 0.222. The largest absolute Gasteiger partial charge is 0.489 e. The molecule has 0 spiro atoms. The van der Waals surface area contributed by atoms with Crippen molar-refractivity contribution >= 4 is 10.9 Å². The van der Waals surface area contributed by atoms with E-state index in [1.807, 2.05) is 50.4 Å². The van der Waals surface area contributed by atoms with Gasteiger partial charge in [-0.15, -0.1) is 0 Å². The lowest BCUT2D eigenvalue weighted by atomic mass is 9.95. The number of aromatic amines is 1. The highest BCUT2D eigenvalue weighted by Gasteiger charge is 2.18. The van der Waals surface area contributed by atoms with Crippen LogP contribution in [-0.4, -0.2) is 4.98 Å². The van der Waals surface area contributed by atoms with E-state index in [9.17, 15) is 0 Å². The van der Waals surface area contributed by atoms with Gasteiger partial charge in [0.1, 0.15) is 12.4 Å². The Morgan fingerprint density at radius 3 is 2.57 bits per heavy atom. The van der Waals surface area contributed by atoms with Gasteiger partial charge in [0.05, 0.1) is 0 Å². The Kier molecular flexibility index (Phi) is 3.43. The molecule has 0 bridgehead atoms. The third kappa shape index (κ3) is 2.93. The third-order valence-electron chi connectivity index (χ3n) is 3.60. The van der Waals surface area contributed by atoms with Crippen LogP contribution in [0.25, 0.3) is 10.9 Å². The summed E-state index contributed by atoms with van der Waals surface area (Å²) in [4.78, 5) is 3.26. The maximum atomic E-state index is 6.22. The number of H-pyrrole nitrogens is 1. The monoisotopic (exact) mass is 280 g/mol. The highest BCUT2D eigenvalue weighted by Crippen LogP contribution is 2.29. The fourth-order valence-electron chi connectivity index (χ4n) is 2.46. The molecule has 0 aliphatic carbocycles. The zero-order chi connectivity index (χ0) is 14.9. The van der Waals surface area contributed by atoms with E-state index in [4.69, 9.17) is 10.5 Å². The Balaban J connectivity index is 1.87. The number of benzene rings is 2. The minimum Gasteiger partial charge on any atom is -0.489 e. The lowest BCUT2D eigenvalue weighted by molar-refractivity contribution is 0.306. The first-order chi connectivity index (χ1) is 10.0. The molecule has 0 aliphatic rings. The molecule has 3 aromatic rings. The quantitative estimate of drug-likeness (QED) is 0.760. The average molecular weight is 280 g/mol. The first kappa shape index (κ1) is 13.7. The van der Waals surface area contributed by atoms with Crippen LogP contribution in [0.2, 0.25) is 0 Å². The van der Waals surface area contributed by atoms with Gasteiger partial charge in [-0.25, -0.2) is 0 Å². The summed E-state index contributed by atoms with van der Waals surface area (Å²) in [5.41, 5.74) is 9.18. The summed E-state index contributed by atoms with van der Waals surface area (Å²) in [6.45, 7) is 4.58. The van der Waals surface area contributed by atoms with Crippen molar-refractivity contribution in [1.82, 2.24) is 4.98 Å². The third-order valence-corrected chi connectivity index (χ3v) is 3.60. The minimum absolute atomic E-state index is 0.379. The lowest BCUT2D eigenvalue weighted by Crippen LogP contribution is -2.28. The molecule has 0 saturated heterocycles. The van der Waals surface area contributed by atoms with E-state index >= 15 is 0 Å². The van der Waals surface area contributed by atoms with E-state index in [2.05, 4.69) is 23.2 Å². The number of ether oxygens (including phenoxy) is 1. The van der Waals surface area contributed by atoms with Crippen LogP contribution in [0, 0.1) is 0 Å². The molecule has 0 amide bonds. The van der Waals surface area contributed by atoms with Crippen molar-refractivity contribution in [3.05, 3.63) is 65.9 Å². The Labute approximate surface area is 124 Å². The molecule has 0 aliphatic heterocycles. The number of nitrogens with one attached hydrogen (secondary N) is 1. The molecule has 3 N–H and O–H groups in total. The number of aromatic nitrogens is 1. The van der Waals surface area contributed by atoms with Gasteiger partial charge in [0, 0.05) is 22.6 Å². The summed E-state index contributed by atoms with van der Waals surface area (Å²) >= 11 is 0. The second-order valence-electron chi connectivity index (χ2n) is 5.91. The molecule has 3 heteroatoms. The number of hydrogen-bond donors (Lipinski definition) is 2. The summed E-state index contributed by atoms with van der Waals surface area (Å²) < 4.78 is 5.88. The van der Waals surface area contributed by atoms with Gasteiger partial charge in [0.25, 0.3) is 0 Å². The molecular formula is C18H20N2O. The number of hydrogen-bond acceptors (Lipinski definition) is 2. The SMILES string of the molecule is CC(C)(N)c1c[nH]c2ccc(OCc3ccccc3)cc12. The van der Waals surface area contributed by atoms with Gasteiger partial charge >= 0.3 is 0 Å². The second kappa shape index (κ2) is 5.26. The fourth-order valence-corrected chi connectivity index (χ4v) is 2.46. The van der Waals surface area contributed by atoms with E-state index in [0.717, 1.165) is 27.8 Å². The Morgan fingerprint density at radius 2 is 1.86 bits per heavy atom. The van der Waals surface area contributed by atoms with Crippen molar-refractivity contribution < 1.29 is 4.74 Å². The number of nitrogens with two attached hydrogens (primary N) is 1. The molecule has 21 heavy (non-hydrogen) atoms. The summed E-state index contributed by atoms with van der Waals surface area (Å²) in [6.07, 6.45) is 1.98. The van der Waals surface area contributed by atoms with Crippen molar-refractivity contribution in [3.8, 4) is 5.75 Å². The maximum Gasteiger partial charge on any atom is 0.120 e. The molecule has 3 nitrogen and oxygen atoms in total. The van der Waals surface area contributed by atoms with Crippen LogP contribution >= 0.6 is 0 Å². The standard InChI is InChI=1S/C18H20N2O/c1-18(2,19)16-11-20-17-9-8-14(10-15(16)17)21-12-13-6-4-3-5-7-13/h3-11,20H,12,19H2,1-2H3. The van der Waals surface area contributed by atoms with Crippen molar-refractivity contribution in [3.63, 3.8) is 0 Å². The molecule has 0 radical (unpaired) electrons. The Hall–Kier alpha value is -2.26. The van der Waals surface area contributed by atoms with Gasteiger partial charge < -0.3 is 15.5 Å². The van der Waals surface area contributed by atoms with Gasteiger partial charge in [0.2, 0.25) is 0 Å².